The molecule has 0 spiro atoms. The minimum atomic E-state index is 0.527. The molecular weight excluding hydrogens is 238 g/mol. The lowest BCUT2D eigenvalue weighted by Gasteiger charge is -2.02. The number of pyridine rings is 1. The molecular formula is C11H13N3O2S. The minimum Gasteiger partial charge on any atom is -0.481 e. The maximum atomic E-state index is 5.01. The second kappa shape index (κ2) is 5.60. The van der Waals surface area contributed by atoms with Crippen LogP contribution in [0.1, 0.15) is 5.69 Å². The fourth-order valence-corrected chi connectivity index (χ4v) is 1.99. The van der Waals surface area contributed by atoms with Crippen LogP contribution in [0.4, 0.5) is 10.8 Å². The zero-order valence-electron chi connectivity index (χ0n) is 9.64. The first-order valence-corrected chi connectivity index (χ1v) is 5.90. The van der Waals surface area contributed by atoms with Crippen LogP contribution in [0.15, 0.2) is 23.7 Å². The maximum absolute atomic E-state index is 5.01. The average molecular weight is 251 g/mol. The summed E-state index contributed by atoms with van der Waals surface area (Å²) in [6.07, 6.45) is 1.70. The number of nitrogens with zero attached hydrogens (tertiary/aromatic N) is 2. The molecule has 0 atom stereocenters. The summed E-state index contributed by atoms with van der Waals surface area (Å²) >= 11 is 1.53. The topological polar surface area (TPSA) is 56.3 Å². The van der Waals surface area contributed by atoms with Gasteiger partial charge in [-0.15, -0.1) is 11.3 Å². The van der Waals surface area contributed by atoms with E-state index in [0.29, 0.717) is 12.5 Å². The van der Waals surface area contributed by atoms with Crippen molar-refractivity contribution in [3.63, 3.8) is 0 Å². The fraction of sp³-hybridized carbons (Fsp3) is 0.273. The molecule has 0 saturated heterocycles. The van der Waals surface area contributed by atoms with Crippen molar-refractivity contribution in [2.75, 3.05) is 19.5 Å². The van der Waals surface area contributed by atoms with Crippen molar-refractivity contribution in [1.29, 1.82) is 0 Å². The van der Waals surface area contributed by atoms with E-state index in [1.807, 2.05) is 11.4 Å². The maximum Gasteiger partial charge on any atom is 0.213 e. The van der Waals surface area contributed by atoms with Gasteiger partial charge in [0.15, 0.2) is 5.13 Å². The summed E-state index contributed by atoms with van der Waals surface area (Å²) in [6, 6.07) is 3.69. The molecule has 0 bridgehead atoms. The molecule has 90 valence electrons. The Bertz CT molecular complexity index is 470. The average Bonchev–Trinajstić information content (AvgIpc) is 2.78. The van der Waals surface area contributed by atoms with E-state index in [1.165, 1.54) is 11.3 Å². The lowest BCUT2D eigenvalue weighted by Crippen LogP contribution is -1.93. The van der Waals surface area contributed by atoms with Crippen molar-refractivity contribution in [2.45, 2.75) is 6.61 Å². The highest BCUT2D eigenvalue weighted by Gasteiger charge is 2.02. The molecule has 0 aliphatic heterocycles. The van der Waals surface area contributed by atoms with E-state index in [-0.39, 0.29) is 0 Å². The first-order chi connectivity index (χ1) is 8.31. The minimum absolute atomic E-state index is 0.527. The highest BCUT2D eigenvalue weighted by molar-refractivity contribution is 7.13. The lowest BCUT2D eigenvalue weighted by atomic mass is 10.4. The van der Waals surface area contributed by atoms with Gasteiger partial charge < -0.3 is 14.8 Å². The van der Waals surface area contributed by atoms with E-state index in [0.717, 1.165) is 16.5 Å². The Labute approximate surface area is 103 Å². The van der Waals surface area contributed by atoms with E-state index in [4.69, 9.17) is 9.47 Å². The number of anilines is 2. The molecule has 2 aromatic rings. The van der Waals surface area contributed by atoms with E-state index in [9.17, 15) is 0 Å². The molecule has 5 nitrogen and oxygen atoms in total. The second-order valence-electron chi connectivity index (χ2n) is 3.29. The smallest absolute Gasteiger partial charge is 0.213 e. The summed E-state index contributed by atoms with van der Waals surface area (Å²) in [7, 11) is 3.24. The SMILES string of the molecule is COCc1csc(Nc2ccc(OC)nc2)n1. The summed E-state index contributed by atoms with van der Waals surface area (Å²) in [6.45, 7) is 0.527. The quantitative estimate of drug-likeness (QED) is 0.884. The van der Waals surface area contributed by atoms with Crippen molar-refractivity contribution < 1.29 is 9.47 Å². The monoisotopic (exact) mass is 251 g/mol. The Balaban J connectivity index is 2.03. The number of rotatable bonds is 5. The van der Waals surface area contributed by atoms with Crippen molar-refractivity contribution >= 4 is 22.2 Å². The lowest BCUT2D eigenvalue weighted by molar-refractivity contribution is 0.182. The predicted molar refractivity (Wildman–Crippen MR) is 66.9 cm³/mol. The molecule has 0 amide bonds. The van der Waals surface area contributed by atoms with Gasteiger partial charge in [0.2, 0.25) is 5.88 Å². The summed E-state index contributed by atoms with van der Waals surface area (Å²) in [4.78, 5) is 8.47. The number of hydrogen-bond donors (Lipinski definition) is 1. The number of ether oxygens (including phenoxy) is 2. The standard InChI is InChI=1S/C11H13N3O2S/c1-15-6-9-7-17-11(14-9)13-8-3-4-10(16-2)12-5-8/h3-5,7H,6H2,1-2H3,(H,13,14). The van der Waals surface area contributed by atoms with Crippen LogP contribution in [0.5, 0.6) is 5.88 Å². The molecule has 0 radical (unpaired) electrons. The molecule has 0 unspecified atom stereocenters. The predicted octanol–water partition coefficient (Wildman–Crippen LogP) is 2.44. The zero-order chi connectivity index (χ0) is 12.1. The van der Waals surface area contributed by atoms with Gasteiger partial charge in [-0.2, -0.15) is 0 Å². The van der Waals surface area contributed by atoms with E-state index >= 15 is 0 Å². The Morgan fingerprint density at radius 2 is 2.24 bits per heavy atom. The molecule has 0 saturated carbocycles. The van der Waals surface area contributed by atoms with Gasteiger partial charge in [-0.3, -0.25) is 0 Å². The van der Waals surface area contributed by atoms with Crippen molar-refractivity contribution in [3.8, 4) is 5.88 Å². The van der Waals surface area contributed by atoms with Gasteiger partial charge in [0, 0.05) is 18.6 Å². The molecule has 2 rings (SSSR count). The number of hydrogen-bond acceptors (Lipinski definition) is 6. The van der Waals surface area contributed by atoms with Gasteiger partial charge in [-0.1, -0.05) is 0 Å². The summed E-state index contributed by atoms with van der Waals surface area (Å²) in [5, 5.41) is 5.95. The van der Waals surface area contributed by atoms with Crippen LogP contribution >= 0.6 is 11.3 Å². The van der Waals surface area contributed by atoms with Crippen molar-refractivity contribution in [1.82, 2.24) is 9.97 Å². The van der Waals surface area contributed by atoms with Gasteiger partial charge in [-0.25, -0.2) is 9.97 Å². The van der Waals surface area contributed by atoms with Gasteiger partial charge >= 0.3 is 0 Å². The van der Waals surface area contributed by atoms with Gasteiger partial charge in [0.1, 0.15) is 0 Å². The van der Waals surface area contributed by atoms with Gasteiger partial charge in [0.05, 0.1) is 31.3 Å². The molecule has 0 aromatic carbocycles. The number of nitrogens with one attached hydrogen (secondary N) is 1. The Kier molecular flexibility index (Phi) is 3.89. The molecule has 0 fully saturated rings. The third kappa shape index (κ3) is 3.15. The summed E-state index contributed by atoms with van der Waals surface area (Å²) < 4.78 is 10.00. The largest absolute Gasteiger partial charge is 0.481 e. The third-order valence-electron chi connectivity index (χ3n) is 2.04. The van der Waals surface area contributed by atoms with Crippen LogP contribution < -0.4 is 10.1 Å². The highest BCUT2D eigenvalue weighted by atomic mass is 32.1. The van der Waals surface area contributed by atoms with Crippen molar-refractivity contribution in [3.05, 3.63) is 29.4 Å². The van der Waals surface area contributed by atoms with E-state index in [1.54, 1.807) is 26.5 Å². The molecule has 0 aliphatic rings. The summed E-state index contributed by atoms with van der Waals surface area (Å²) in [5.74, 6) is 0.592. The number of aromatic nitrogens is 2. The van der Waals surface area contributed by atoms with Crippen LogP contribution in [-0.2, 0) is 11.3 Å². The number of methoxy groups -OCH3 is 2. The molecule has 0 aliphatic carbocycles. The Hall–Kier alpha value is -1.66. The van der Waals surface area contributed by atoms with Gasteiger partial charge in [-0.05, 0) is 6.07 Å². The first kappa shape index (κ1) is 11.8. The fourth-order valence-electron chi connectivity index (χ4n) is 1.28. The van der Waals surface area contributed by atoms with Crippen LogP contribution in [0.3, 0.4) is 0 Å². The van der Waals surface area contributed by atoms with Crippen molar-refractivity contribution in [2.24, 2.45) is 0 Å². The highest BCUT2D eigenvalue weighted by Crippen LogP contribution is 2.21. The summed E-state index contributed by atoms with van der Waals surface area (Å²) in [5.41, 5.74) is 1.80. The Morgan fingerprint density at radius 1 is 1.35 bits per heavy atom. The third-order valence-corrected chi connectivity index (χ3v) is 2.85. The molecule has 1 N–H and O–H groups in total. The van der Waals surface area contributed by atoms with E-state index in [2.05, 4.69) is 15.3 Å². The van der Waals surface area contributed by atoms with Gasteiger partial charge in [0.25, 0.3) is 0 Å². The molecule has 17 heavy (non-hydrogen) atoms. The van der Waals surface area contributed by atoms with Crippen LogP contribution in [0.25, 0.3) is 0 Å². The van der Waals surface area contributed by atoms with E-state index < -0.39 is 0 Å². The molecule has 2 heterocycles. The number of thiazole rings is 1. The zero-order valence-corrected chi connectivity index (χ0v) is 10.5. The normalized spacial score (nSPS) is 10.2. The Morgan fingerprint density at radius 3 is 2.88 bits per heavy atom. The van der Waals surface area contributed by atoms with Crippen LogP contribution in [0.2, 0.25) is 0 Å². The second-order valence-corrected chi connectivity index (χ2v) is 4.15. The van der Waals surface area contributed by atoms with Crippen LogP contribution in [-0.4, -0.2) is 24.2 Å². The van der Waals surface area contributed by atoms with Crippen LogP contribution in [0, 0.1) is 0 Å². The molecule has 2 aromatic heterocycles. The molecule has 6 heteroatoms. The first-order valence-electron chi connectivity index (χ1n) is 5.02.